The average molecular weight is 331 g/mol. The van der Waals surface area contributed by atoms with Crippen LogP contribution in [0.3, 0.4) is 0 Å². The van der Waals surface area contributed by atoms with Gasteiger partial charge in [-0.05, 0) is 43.2 Å². The van der Waals surface area contributed by atoms with Crippen molar-refractivity contribution in [2.45, 2.75) is 63.8 Å². The number of thiophene rings is 1. The smallest absolute Gasteiger partial charge is 0.250 e. The van der Waals surface area contributed by atoms with Crippen LogP contribution >= 0.6 is 11.3 Å². The van der Waals surface area contributed by atoms with Crippen LogP contribution in [0.5, 0.6) is 0 Å². The van der Waals surface area contributed by atoms with Gasteiger partial charge in [-0.25, -0.2) is 13.1 Å². The van der Waals surface area contributed by atoms with E-state index in [-0.39, 0.29) is 5.41 Å². The molecule has 21 heavy (non-hydrogen) atoms. The molecule has 1 aromatic rings. The molecular weight excluding hydrogens is 304 g/mol. The highest BCUT2D eigenvalue weighted by molar-refractivity contribution is 7.91. The van der Waals surface area contributed by atoms with Crippen molar-refractivity contribution in [1.29, 1.82) is 0 Å². The lowest BCUT2D eigenvalue weighted by Gasteiger charge is -2.17. The fraction of sp³-hybridized carbons (Fsp3) is 0.733. The lowest BCUT2D eigenvalue weighted by atomic mass is 9.93. The maximum atomic E-state index is 12.3. The summed E-state index contributed by atoms with van der Waals surface area (Å²) < 4.78 is 27.8. The number of rotatable bonds is 7. The maximum absolute atomic E-state index is 12.3. The van der Waals surface area contributed by atoms with Crippen LogP contribution in [0.15, 0.2) is 10.3 Å². The minimum Gasteiger partial charge on any atom is -0.309 e. The first-order chi connectivity index (χ1) is 9.67. The Bertz CT molecular complexity index is 581. The minimum absolute atomic E-state index is 0.132. The summed E-state index contributed by atoms with van der Waals surface area (Å²) in [6, 6.07) is 2.42. The van der Waals surface area contributed by atoms with Crippen molar-refractivity contribution < 1.29 is 8.42 Å². The summed E-state index contributed by atoms with van der Waals surface area (Å²) in [7, 11) is -3.37. The van der Waals surface area contributed by atoms with Gasteiger partial charge in [0.1, 0.15) is 4.21 Å². The molecule has 1 aliphatic rings. The van der Waals surface area contributed by atoms with E-state index in [0.29, 0.717) is 16.8 Å². The highest BCUT2D eigenvalue weighted by Crippen LogP contribution is 2.27. The topological polar surface area (TPSA) is 58.2 Å². The first-order valence-electron chi connectivity index (χ1n) is 7.50. The molecule has 0 aromatic carbocycles. The van der Waals surface area contributed by atoms with E-state index < -0.39 is 10.0 Å². The van der Waals surface area contributed by atoms with Gasteiger partial charge < -0.3 is 5.32 Å². The van der Waals surface area contributed by atoms with Gasteiger partial charge in [-0.1, -0.05) is 20.8 Å². The molecule has 0 atom stereocenters. The Labute approximate surface area is 132 Å². The predicted molar refractivity (Wildman–Crippen MR) is 88.2 cm³/mol. The molecule has 0 bridgehead atoms. The molecule has 1 heterocycles. The third-order valence-electron chi connectivity index (χ3n) is 3.56. The Hall–Kier alpha value is -0.430. The van der Waals surface area contributed by atoms with E-state index in [2.05, 4.69) is 30.8 Å². The van der Waals surface area contributed by atoms with Crippen molar-refractivity contribution in [3.63, 3.8) is 0 Å². The van der Waals surface area contributed by atoms with E-state index in [1.807, 2.05) is 6.92 Å². The fourth-order valence-corrected chi connectivity index (χ4v) is 4.57. The zero-order valence-electron chi connectivity index (χ0n) is 13.3. The summed E-state index contributed by atoms with van der Waals surface area (Å²) in [4.78, 5) is 1.12. The lowest BCUT2D eigenvalue weighted by Crippen LogP contribution is -2.26. The second-order valence-corrected chi connectivity index (χ2v) is 10.2. The van der Waals surface area contributed by atoms with Gasteiger partial charge in [-0.15, -0.1) is 11.3 Å². The Morgan fingerprint density at radius 2 is 2.00 bits per heavy atom. The van der Waals surface area contributed by atoms with Gasteiger partial charge in [-0.2, -0.15) is 0 Å². The van der Waals surface area contributed by atoms with Crippen LogP contribution in [-0.4, -0.2) is 21.0 Å². The molecule has 1 aliphatic carbocycles. The third kappa shape index (κ3) is 5.36. The van der Waals surface area contributed by atoms with Crippen LogP contribution in [0.2, 0.25) is 0 Å². The zero-order chi connectivity index (χ0) is 15.7. The van der Waals surface area contributed by atoms with Crippen LogP contribution in [0.25, 0.3) is 0 Å². The van der Waals surface area contributed by atoms with Gasteiger partial charge in [0.2, 0.25) is 10.0 Å². The van der Waals surface area contributed by atoms with Gasteiger partial charge in [0.05, 0.1) is 0 Å². The molecule has 0 aliphatic heterocycles. The van der Waals surface area contributed by atoms with E-state index in [1.165, 1.54) is 24.2 Å². The van der Waals surface area contributed by atoms with Gasteiger partial charge in [-0.3, -0.25) is 0 Å². The number of hydrogen-bond donors (Lipinski definition) is 2. The molecule has 0 amide bonds. The van der Waals surface area contributed by atoms with Crippen molar-refractivity contribution in [3.05, 3.63) is 16.5 Å². The minimum atomic E-state index is -3.37. The van der Waals surface area contributed by atoms with Gasteiger partial charge >= 0.3 is 0 Å². The van der Waals surface area contributed by atoms with Crippen LogP contribution in [0.1, 0.15) is 50.5 Å². The standard InChI is InChI=1S/C15H26N2O2S2/c1-11-9-14(20-13(11)10-16-12-5-6-12)21(18,19)17-8-7-15(2,3)4/h9,12,16-17H,5-8,10H2,1-4H3. The third-order valence-corrected chi connectivity index (χ3v) is 6.73. The summed E-state index contributed by atoms with van der Waals surface area (Å²) in [6.07, 6.45) is 3.31. The van der Waals surface area contributed by atoms with E-state index in [4.69, 9.17) is 0 Å². The second-order valence-electron chi connectivity index (χ2n) is 7.04. The summed E-state index contributed by atoms with van der Waals surface area (Å²) in [5, 5.41) is 3.44. The summed E-state index contributed by atoms with van der Waals surface area (Å²) in [5.74, 6) is 0. The van der Waals surface area contributed by atoms with E-state index >= 15 is 0 Å². The lowest BCUT2D eigenvalue weighted by molar-refractivity contribution is 0.378. The molecule has 0 unspecified atom stereocenters. The van der Waals surface area contributed by atoms with Crippen LogP contribution in [0.4, 0.5) is 0 Å². The first kappa shape index (κ1) is 16.9. The van der Waals surface area contributed by atoms with Gasteiger partial charge in [0, 0.05) is 24.0 Å². The Kier molecular flexibility index (Phi) is 5.13. The molecule has 1 fully saturated rings. The monoisotopic (exact) mass is 330 g/mol. The molecule has 2 rings (SSSR count). The average Bonchev–Trinajstić information content (AvgIpc) is 3.08. The van der Waals surface area contributed by atoms with Crippen LogP contribution in [0, 0.1) is 12.3 Å². The Morgan fingerprint density at radius 1 is 1.33 bits per heavy atom. The highest BCUT2D eigenvalue weighted by Gasteiger charge is 2.23. The normalized spacial score (nSPS) is 16.4. The molecule has 0 spiro atoms. The van der Waals surface area contributed by atoms with Crippen molar-refractivity contribution in [2.75, 3.05) is 6.54 Å². The largest absolute Gasteiger partial charge is 0.309 e. The molecule has 120 valence electrons. The number of nitrogens with one attached hydrogen (secondary N) is 2. The van der Waals surface area contributed by atoms with Crippen molar-refractivity contribution in [1.82, 2.24) is 10.0 Å². The number of hydrogen-bond acceptors (Lipinski definition) is 4. The second kappa shape index (κ2) is 6.36. The Morgan fingerprint density at radius 3 is 2.57 bits per heavy atom. The summed E-state index contributed by atoms with van der Waals surface area (Å²) in [5.41, 5.74) is 1.19. The zero-order valence-corrected chi connectivity index (χ0v) is 15.0. The quantitative estimate of drug-likeness (QED) is 0.808. The maximum Gasteiger partial charge on any atom is 0.250 e. The molecule has 1 aromatic heterocycles. The molecule has 6 heteroatoms. The van der Waals surface area contributed by atoms with Crippen molar-refractivity contribution >= 4 is 21.4 Å². The molecule has 0 radical (unpaired) electrons. The SMILES string of the molecule is Cc1cc(S(=O)(=O)NCCC(C)(C)C)sc1CNC1CC1. The molecule has 0 saturated heterocycles. The molecular formula is C15H26N2O2S2. The van der Waals surface area contributed by atoms with E-state index in [0.717, 1.165) is 23.4 Å². The molecule has 2 N–H and O–H groups in total. The van der Waals surface area contributed by atoms with Crippen molar-refractivity contribution in [2.24, 2.45) is 5.41 Å². The first-order valence-corrected chi connectivity index (χ1v) is 9.80. The Balaban J connectivity index is 1.96. The van der Waals surface area contributed by atoms with Crippen LogP contribution < -0.4 is 10.0 Å². The van der Waals surface area contributed by atoms with Crippen molar-refractivity contribution in [3.8, 4) is 0 Å². The highest BCUT2D eigenvalue weighted by atomic mass is 32.2. The van der Waals surface area contributed by atoms with E-state index in [1.54, 1.807) is 6.07 Å². The number of aryl methyl sites for hydroxylation is 1. The van der Waals surface area contributed by atoms with Gasteiger partial charge in [0.25, 0.3) is 0 Å². The summed E-state index contributed by atoms with van der Waals surface area (Å²) >= 11 is 1.38. The van der Waals surface area contributed by atoms with E-state index in [9.17, 15) is 8.42 Å². The molecule has 4 nitrogen and oxygen atoms in total. The molecule has 1 saturated carbocycles. The van der Waals surface area contributed by atoms with Crippen LogP contribution in [-0.2, 0) is 16.6 Å². The predicted octanol–water partition coefficient (Wildman–Crippen LogP) is 3.02. The van der Waals surface area contributed by atoms with Gasteiger partial charge in [0.15, 0.2) is 0 Å². The summed E-state index contributed by atoms with van der Waals surface area (Å²) in [6.45, 7) is 9.57. The number of sulfonamides is 1. The fourth-order valence-electron chi connectivity index (χ4n) is 1.95.